The molecule has 1 N–H and O–H groups in total. The van der Waals surface area contributed by atoms with Crippen molar-refractivity contribution < 1.29 is 13.9 Å². The van der Waals surface area contributed by atoms with E-state index in [1.807, 2.05) is 6.07 Å². The first kappa shape index (κ1) is 18.4. The fourth-order valence-corrected chi connectivity index (χ4v) is 2.81. The van der Waals surface area contributed by atoms with E-state index in [1.54, 1.807) is 55.5 Å². The molecule has 0 saturated carbocycles. The minimum absolute atomic E-state index is 0.108. The Morgan fingerprint density at radius 2 is 1.86 bits per heavy atom. The summed E-state index contributed by atoms with van der Waals surface area (Å²) in [4.78, 5) is 43.3. The topological polar surface area (TPSA) is 120 Å². The van der Waals surface area contributed by atoms with Crippen LogP contribution < -0.4 is 11.3 Å². The van der Waals surface area contributed by atoms with Gasteiger partial charge in [0.2, 0.25) is 5.89 Å². The van der Waals surface area contributed by atoms with Crippen molar-refractivity contribution >= 4 is 16.9 Å². The van der Waals surface area contributed by atoms with Crippen molar-refractivity contribution in [2.75, 3.05) is 0 Å². The van der Waals surface area contributed by atoms with E-state index in [1.165, 1.54) is 0 Å². The van der Waals surface area contributed by atoms with E-state index in [0.29, 0.717) is 16.5 Å². The molecule has 2 aromatic heterocycles. The van der Waals surface area contributed by atoms with Crippen LogP contribution in [0.5, 0.6) is 0 Å². The fourth-order valence-electron chi connectivity index (χ4n) is 2.81. The number of hydrogen-bond acceptors (Lipinski definition) is 7. The molecular weight excluding hydrogens is 376 g/mol. The van der Waals surface area contributed by atoms with Gasteiger partial charge in [0, 0.05) is 5.56 Å². The van der Waals surface area contributed by atoms with Crippen molar-refractivity contribution in [1.29, 1.82) is 0 Å². The number of carbonyl (C=O) groups excluding carboxylic acids is 1. The molecule has 9 nitrogen and oxygen atoms in total. The molecule has 9 heteroatoms. The van der Waals surface area contributed by atoms with Crippen molar-refractivity contribution in [3.63, 3.8) is 0 Å². The van der Waals surface area contributed by atoms with Gasteiger partial charge in [0.1, 0.15) is 6.54 Å². The second-order valence-electron chi connectivity index (χ2n) is 6.30. The Balaban J connectivity index is 1.50. The lowest BCUT2D eigenvalue weighted by atomic mass is 10.2. The maximum absolute atomic E-state index is 12.3. The van der Waals surface area contributed by atoms with E-state index in [9.17, 15) is 14.4 Å². The standard InChI is InChI=1S/C20H16N4O5/c1-12(17-21-15-10-6-5-9-14(15)18(26)22-17)28-16(25)11-24-20(27)29-19(23-24)13-7-3-2-4-8-13/h2-10,12H,11H2,1H3,(H,21,22,26)/t12-/m1/s1. The first-order chi connectivity index (χ1) is 14.0. The first-order valence-electron chi connectivity index (χ1n) is 8.83. The van der Waals surface area contributed by atoms with E-state index in [4.69, 9.17) is 9.15 Å². The number of aromatic amines is 1. The van der Waals surface area contributed by atoms with Gasteiger partial charge in [-0.2, -0.15) is 4.68 Å². The van der Waals surface area contributed by atoms with Crippen LogP contribution >= 0.6 is 0 Å². The van der Waals surface area contributed by atoms with Gasteiger partial charge in [-0.25, -0.2) is 9.78 Å². The number of carbonyl (C=O) groups is 1. The number of para-hydroxylation sites is 1. The lowest BCUT2D eigenvalue weighted by Gasteiger charge is -2.12. The van der Waals surface area contributed by atoms with Crippen LogP contribution in [0.25, 0.3) is 22.4 Å². The summed E-state index contributed by atoms with van der Waals surface area (Å²) in [6.45, 7) is 1.14. The van der Waals surface area contributed by atoms with Gasteiger partial charge in [-0.1, -0.05) is 30.3 Å². The highest BCUT2D eigenvalue weighted by Crippen LogP contribution is 2.16. The summed E-state index contributed by atoms with van der Waals surface area (Å²) < 4.78 is 11.3. The van der Waals surface area contributed by atoms with Crippen LogP contribution in [0.1, 0.15) is 18.9 Å². The molecule has 29 heavy (non-hydrogen) atoms. The molecule has 146 valence electrons. The minimum Gasteiger partial charge on any atom is -0.453 e. The van der Waals surface area contributed by atoms with E-state index in [0.717, 1.165) is 4.68 Å². The van der Waals surface area contributed by atoms with Crippen LogP contribution in [-0.4, -0.2) is 25.7 Å². The third-order valence-corrected chi connectivity index (χ3v) is 4.23. The third-order valence-electron chi connectivity index (χ3n) is 4.23. The predicted molar refractivity (Wildman–Crippen MR) is 103 cm³/mol. The summed E-state index contributed by atoms with van der Waals surface area (Å²) in [6.07, 6.45) is -0.823. The molecule has 0 aliphatic heterocycles. The van der Waals surface area contributed by atoms with Crippen LogP contribution in [-0.2, 0) is 16.1 Å². The zero-order chi connectivity index (χ0) is 20.4. The summed E-state index contributed by atoms with van der Waals surface area (Å²) >= 11 is 0. The number of ether oxygens (including phenoxy) is 1. The van der Waals surface area contributed by atoms with Gasteiger partial charge >= 0.3 is 11.7 Å². The van der Waals surface area contributed by atoms with Gasteiger partial charge in [0.15, 0.2) is 11.9 Å². The van der Waals surface area contributed by atoms with Crippen molar-refractivity contribution in [2.24, 2.45) is 0 Å². The summed E-state index contributed by atoms with van der Waals surface area (Å²) in [5.74, 6) is -1.18. The average molecular weight is 392 g/mol. The number of nitrogens with zero attached hydrogens (tertiary/aromatic N) is 3. The van der Waals surface area contributed by atoms with Crippen LogP contribution in [0.3, 0.4) is 0 Å². The predicted octanol–water partition coefficient (Wildman–Crippen LogP) is 2.04. The Morgan fingerprint density at radius 3 is 2.66 bits per heavy atom. The van der Waals surface area contributed by atoms with E-state index in [2.05, 4.69) is 15.1 Å². The van der Waals surface area contributed by atoms with E-state index >= 15 is 0 Å². The SMILES string of the molecule is C[C@@H](OC(=O)Cn1nc(-c2ccccc2)oc1=O)c1nc2ccccc2c(=O)[nH]1. The number of aromatic nitrogens is 4. The highest BCUT2D eigenvalue weighted by Gasteiger charge is 2.18. The van der Waals surface area contributed by atoms with Crippen LogP contribution in [0.15, 0.2) is 68.6 Å². The van der Waals surface area contributed by atoms with Gasteiger partial charge in [-0.15, -0.1) is 5.10 Å². The fraction of sp³-hybridized carbons (Fsp3) is 0.150. The number of rotatable bonds is 5. The molecule has 2 heterocycles. The van der Waals surface area contributed by atoms with Gasteiger partial charge in [-0.3, -0.25) is 9.59 Å². The van der Waals surface area contributed by atoms with Gasteiger partial charge < -0.3 is 14.1 Å². The van der Waals surface area contributed by atoms with Crippen LogP contribution in [0, 0.1) is 0 Å². The Labute approximate surface area is 163 Å². The number of hydrogen-bond donors (Lipinski definition) is 1. The van der Waals surface area contributed by atoms with E-state index < -0.39 is 24.4 Å². The zero-order valence-electron chi connectivity index (χ0n) is 15.4. The van der Waals surface area contributed by atoms with Gasteiger partial charge in [-0.05, 0) is 31.2 Å². The molecule has 0 fully saturated rings. The third kappa shape index (κ3) is 3.84. The average Bonchev–Trinajstić information content (AvgIpc) is 3.09. The molecule has 4 aromatic rings. The highest BCUT2D eigenvalue weighted by molar-refractivity contribution is 5.77. The number of H-pyrrole nitrogens is 1. The molecular formula is C20H16N4O5. The Hall–Kier alpha value is -4.01. The van der Waals surface area contributed by atoms with Gasteiger partial charge in [0.05, 0.1) is 10.9 Å². The number of benzene rings is 2. The second-order valence-corrected chi connectivity index (χ2v) is 6.30. The molecule has 0 spiro atoms. The molecule has 2 aromatic carbocycles. The summed E-state index contributed by atoms with van der Waals surface area (Å²) in [5.41, 5.74) is 0.783. The monoisotopic (exact) mass is 392 g/mol. The first-order valence-corrected chi connectivity index (χ1v) is 8.83. The number of nitrogens with one attached hydrogen (secondary N) is 1. The molecule has 0 aliphatic carbocycles. The van der Waals surface area contributed by atoms with Crippen molar-refractivity contribution in [3.8, 4) is 11.5 Å². The molecule has 4 rings (SSSR count). The summed E-state index contributed by atoms with van der Waals surface area (Å²) in [6, 6.07) is 15.7. The van der Waals surface area contributed by atoms with E-state index in [-0.39, 0.29) is 17.3 Å². The summed E-state index contributed by atoms with van der Waals surface area (Å²) in [5, 5.41) is 4.46. The smallest absolute Gasteiger partial charge is 0.437 e. The molecule has 0 saturated heterocycles. The number of fused-ring (bicyclic) bond motifs is 1. The maximum Gasteiger partial charge on any atom is 0.437 e. The summed E-state index contributed by atoms with van der Waals surface area (Å²) in [7, 11) is 0. The number of esters is 1. The highest BCUT2D eigenvalue weighted by atomic mass is 16.5. The quantitative estimate of drug-likeness (QED) is 0.516. The van der Waals surface area contributed by atoms with Crippen LogP contribution in [0.2, 0.25) is 0 Å². The van der Waals surface area contributed by atoms with Crippen molar-refractivity contribution in [2.45, 2.75) is 19.6 Å². The van der Waals surface area contributed by atoms with Crippen LogP contribution in [0.4, 0.5) is 0 Å². The Kier molecular flexibility index (Phi) is 4.78. The second kappa shape index (κ2) is 7.55. The molecule has 0 radical (unpaired) electrons. The Morgan fingerprint density at radius 1 is 1.14 bits per heavy atom. The van der Waals surface area contributed by atoms with Gasteiger partial charge in [0.25, 0.3) is 5.56 Å². The molecule has 0 bridgehead atoms. The zero-order valence-corrected chi connectivity index (χ0v) is 15.4. The molecule has 0 amide bonds. The van der Waals surface area contributed by atoms with Crippen molar-refractivity contribution in [3.05, 3.63) is 81.3 Å². The van der Waals surface area contributed by atoms with Crippen molar-refractivity contribution in [1.82, 2.24) is 19.7 Å². The maximum atomic E-state index is 12.3. The Bertz CT molecular complexity index is 1290. The normalized spacial score (nSPS) is 12.0. The minimum atomic E-state index is -0.823. The molecule has 0 unspecified atom stereocenters. The molecule has 1 atom stereocenters. The lowest BCUT2D eigenvalue weighted by molar-refractivity contribution is -0.150. The lowest BCUT2D eigenvalue weighted by Crippen LogP contribution is -2.24. The molecule has 0 aliphatic rings. The largest absolute Gasteiger partial charge is 0.453 e.